The summed E-state index contributed by atoms with van der Waals surface area (Å²) in [7, 11) is 0. The first-order chi connectivity index (χ1) is 6.79. The van der Waals surface area contributed by atoms with Gasteiger partial charge < -0.3 is 4.84 Å². The smallest absolute Gasteiger partial charge is 0.125 e. The van der Waals surface area contributed by atoms with Crippen LogP contribution in [0.4, 0.5) is 0 Å². The van der Waals surface area contributed by atoms with Gasteiger partial charge in [0.05, 0.1) is 5.71 Å². The maximum absolute atomic E-state index is 4.98. The van der Waals surface area contributed by atoms with Crippen LogP contribution in [0.25, 0.3) is 0 Å². The first-order valence-corrected chi connectivity index (χ1v) is 4.98. The van der Waals surface area contributed by atoms with Gasteiger partial charge in [-0.2, -0.15) is 0 Å². The third-order valence-corrected chi connectivity index (χ3v) is 1.97. The molecule has 1 heterocycles. The Morgan fingerprint density at radius 3 is 1.93 bits per heavy atom. The van der Waals surface area contributed by atoms with E-state index >= 15 is 0 Å². The van der Waals surface area contributed by atoms with E-state index in [9.17, 15) is 0 Å². The highest BCUT2D eigenvalue weighted by Gasteiger charge is 2.07. The summed E-state index contributed by atoms with van der Waals surface area (Å²) < 4.78 is 0. The molecule has 1 aromatic carbocycles. The highest BCUT2D eigenvalue weighted by atomic mass is 16.6. The summed E-state index contributed by atoms with van der Waals surface area (Å²) in [5.74, 6) is 0. The molecule has 1 aliphatic rings. The lowest BCUT2D eigenvalue weighted by Crippen LogP contribution is -2.12. The molecule has 0 saturated heterocycles. The summed E-state index contributed by atoms with van der Waals surface area (Å²) >= 11 is 0. The first-order valence-electron chi connectivity index (χ1n) is 4.98. The zero-order chi connectivity index (χ0) is 10.2. The van der Waals surface area contributed by atoms with Gasteiger partial charge in [-0.3, -0.25) is 0 Å². The highest BCUT2D eigenvalue weighted by molar-refractivity contribution is 5.81. The molecule has 1 aliphatic heterocycles. The molecule has 0 aliphatic carbocycles. The fourth-order valence-corrected chi connectivity index (χ4v) is 1.08. The molecule has 0 saturated carbocycles. The van der Waals surface area contributed by atoms with Crippen LogP contribution in [0, 0.1) is 0 Å². The predicted octanol–water partition coefficient (Wildman–Crippen LogP) is 3.25. The van der Waals surface area contributed by atoms with Gasteiger partial charge >= 0.3 is 0 Å². The average molecular weight is 191 g/mol. The summed E-state index contributed by atoms with van der Waals surface area (Å²) in [6.07, 6.45) is 2.55. The molecule has 0 N–H and O–H groups in total. The summed E-state index contributed by atoms with van der Waals surface area (Å²) in [4.78, 5) is 4.98. The number of hydrogen-bond donors (Lipinski definition) is 0. The molecule has 0 aromatic heterocycles. The normalized spacial score (nSPS) is 19.9. The van der Waals surface area contributed by atoms with Crippen LogP contribution in [0.2, 0.25) is 0 Å². The van der Waals surface area contributed by atoms with E-state index in [-0.39, 0.29) is 0 Å². The maximum atomic E-state index is 4.98. The topological polar surface area (TPSA) is 21.6 Å². The second kappa shape index (κ2) is 6.19. The minimum absolute atomic E-state index is 0.332. The van der Waals surface area contributed by atoms with Gasteiger partial charge in [-0.15, -0.1) is 0 Å². The lowest BCUT2D eigenvalue weighted by molar-refractivity contribution is 0.0568. The standard InChI is InChI=1S/C6H11NO.C6H6/c1-5-3-4-6(2)8-7-5;1-2-4-6-5-3-1/h6H,3-4H2,1-2H3;1-6H. The summed E-state index contributed by atoms with van der Waals surface area (Å²) in [6, 6.07) is 12.0. The summed E-state index contributed by atoms with van der Waals surface area (Å²) in [5.41, 5.74) is 1.11. The fourth-order valence-electron chi connectivity index (χ4n) is 1.08. The third kappa shape index (κ3) is 4.65. The van der Waals surface area contributed by atoms with E-state index in [0.29, 0.717) is 6.10 Å². The third-order valence-electron chi connectivity index (χ3n) is 1.97. The number of oxime groups is 1. The van der Waals surface area contributed by atoms with Crippen molar-refractivity contribution in [3.8, 4) is 0 Å². The second-order valence-corrected chi connectivity index (χ2v) is 3.44. The molecule has 0 spiro atoms. The Hall–Kier alpha value is -1.31. The molecule has 76 valence electrons. The fraction of sp³-hybridized carbons (Fsp3) is 0.417. The number of nitrogens with zero attached hydrogens (tertiary/aromatic N) is 1. The lowest BCUT2D eigenvalue weighted by Gasteiger charge is -2.14. The molecule has 0 bridgehead atoms. The van der Waals surface area contributed by atoms with Crippen LogP contribution in [0.5, 0.6) is 0 Å². The van der Waals surface area contributed by atoms with Crippen LogP contribution in [-0.2, 0) is 4.84 Å². The monoisotopic (exact) mass is 191 g/mol. The number of hydrogen-bond acceptors (Lipinski definition) is 2. The van der Waals surface area contributed by atoms with E-state index in [1.54, 1.807) is 0 Å². The van der Waals surface area contributed by atoms with E-state index in [2.05, 4.69) is 5.16 Å². The van der Waals surface area contributed by atoms with Gasteiger partial charge in [-0.1, -0.05) is 41.6 Å². The summed E-state index contributed by atoms with van der Waals surface area (Å²) in [5, 5.41) is 3.83. The Kier molecular flexibility index (Phi) is 4.76. The van der Waals surface area contributed by atoms with Gasteiger partial charge in [0, 0.05) is 0 Å². The molecule has 0 radical (unpaired) electrons. The number of benzene rings is 1. The van der Waals surface area contributed by atoms with Crippen molar-refractivity contribution in [3.63, 3.8) is 0 Å². The molecule has 1 aromatic rings. The van der Waals surface area contributed by atoms with Crippen molar-refractivity contribution in [2.75, 3.05) is 0 Å². The van der Waals surface area contributed by atoms with Crippen LogP contribution >= 0.6 is 0 Å². The van der Waals surface area contributed by atoms with Crippen molar-refractivity contribution in [1.29, 1.82) is 0 Å². The molecule has 0 fully saturated rings. The van der Waals surface area contributed by atoms with Crippen LogP contribution in [0.1, 0.15) is 26.7 Å². The van der Waals surface area contributed by atoms with E-state index < -0.39 is 0 Å². The van der Waals surface area contributed by atoms with Crippen molar-refractivity contribution < 1.29 is 4.84 Å². The Bertz CT molecular complexity index is 242. The van der Waals surface area contributed by atoms with Crippen LogP contribution in [-0.4, -0.2) is 11.8 Å². The Balaban J connectivity index is 0.000000146. The zero-order valence-corrected chi connectivity index (χ0v) is 8.81. The van der Waals surface area contributed by atoms with Gasteiger partial charge in [-0.05, 0) is 26.7 Å². The zero-order valence-electron chi connectivity index (χ0n) is 8.81. The Labute approximate surface area is 85.6 Å². The molecular weight excluding hydrogens is 174 g/mol. The SMILES string of the molecule is CC1=NOC(C)CC1.c1ccccc1. The van der Waals surface area contributed by atoms with E-state index in [1.165, 1.54) is 0 Å². The van der Waals surface area contributed by atoms with Gasteiger partial charge in [0.2, 0.25) is 0 Å². The molecule has 14 heavy (non-hydrogen) atoms. The van der Waals surface area contributed by atoms with E-state index in [1.807, 2.05) is 50.2 Å². The van der Waals surface area contributed by atoms with Crippen LogP contribution < -0.4 is 0 Å². The van der Waals surface area contributed by atoms with Gasteiger partial charge in [0.15, 0.2) is 0 Å². The molecule has 2 nitrogen and oxygen atoms in total. The average Bonchev–Trinajstić information content (AvgIpc) is 2.26. The Morgan fingerprint density at radius 1 is 1.14 bits per heavy atom. The quantitative estimate of drug-likeness (QED) is 0.617. The second-order valence-electron chi connectivity index (χ2n) is 3.44. The van der Waals surface area contributed by atoms with Gasteiger partial charge in [-0.25, -0.2) is 0 Å². The van der Waals surface area contributed by atoms with Crippen molar-refractivity contribution in [3.05, 3.63) is 36.4 Å². The molecule has 2 heteroatoms. The predicted molar refractivity (Wildman–Crippen MR) is 59.3 cm³/mol. The molecule has 1 atom stereocenters. The molecule has 2 rings (SSSR count). The largest absolute Gasteiger partial charge is 0.393 e. The van der Waals surface area contributed by atoms with Gasteiger partial charge in [0.1, 0.15) is 6.10 Å². The van der Waals surface area contributed by atoms with E-state index in [4.69, 9.17) is 4.84 Å². The number of rotatable bonds is 0. The Morgan fingerprint density at radius 2 is 1.64 bits per heavy atom. The maximum Gasteiger partial charge on any atom is 0.125 e. The minimum Gasteiger partial charge on any atom is -0.393 e. The van der Waals surface area contributed by atoms with E-state index in [0.717, 1.165) is 18.6 Å². The summed E-state index contributed by atoms with van der Waals surface area (Å²) in [6.45, 7) is 4.03. The minimum atomic E-state index is 0.332. The van der Waals surface area contributed by atoms with Crippen molar-refractivity contribution >= 4 is 5.71 Å². The van der Waals surface area contributed by atoms with Crippen molar-refractivity contribution in [1.82, 2.24) is 0 Å². The van der Waals surface area contributed by atoms with Crippen molar-refractivity contribution in [2.45, 2.75) is 32.8 Å². The van der Waals surface area contributed by atoms with Gasteiger partial charge in [0.25, 0.3) is 0 Å². The highest BCUT2D eigenvalue weighted by Crippen LogP contribution is 2.08. The molecular formula is C12H17NO. The van der Waals surface area contributed by atoms with Crippen LogP contribution in [0.15, 0.2) is 41.6 Å². The van der Waals surface area contributed by atoms with Crippen LogP contribution in [0.3, 0.4) is 0 Å². The first kappa shape index (κ1) is 10.8. The van der Waals surface area contributed by atoms with Crippen molar-refractivity contribution in [2.24, 2.45) is 5.16 Å². The molecule has 0 amide bonds. The lowest BCUT2D eigenvalue weighted by atomic mass is 10.1. The molecule has 1 unspecified atom stereocenters.